The molecule has 1 amide bonds. The van der Waals surface area contributed by atoms with E-state index >= 15 is 0 Å². The Morgan fingerprint density at radius 2 is 1.71 bits per heavy atom. The highest BCUT2D eigenvalue weighted by Crippen LogP contribution is 2.19. The summed E-state index contributed by atoms with van der Waals surface area (Å²) in [5.74, 6) is 2.27. The Bertz CT molecular complexity index is 1040. The lowest BCUT2D eigenvalue weighted by atomic mass is 10.1. The zero-order chi connectivity index (χ0) is 21.8. The Hall–Kier alpha value is -3.68. The van der Waals surface area contributed by atoms with Crippen molar-refractivity contribution in [2.45, 2.75) is 6.92 Å². The second-order valence-corrected chi connectivity index (χ2v) is 7.79. The van der Waals surface area contributed by atoms with Crippen molar-refractivity contribution in [2.24, 2.45) is 0 Å². The number of nitrogens with zero attached hydrogens (tertiary/aromatic N) is 6. The van der Waals surface area contributed by atoms with Crippen LogP contribution in [0.25, 0.3) is 0 Å². The first-order chi connectivity index (χ1) is 15.0. The molecule has 0 radical (unpaired) electrons. The molecule has 3 aromatic rings. The van der Waals surface area contributed by atoms with Crippen LogP contribution in [0.2, 0.25) is 0 Å². The zero-order valence-electron chi connectivity index (χ0n) is 18.1. The lowest BCUT2D eigenvalue weighted by Crippen LogP contribution is -2.49. The number of carbonyl (C=O) groups is 1. The van der Waals surface area contributed by atoms with Crippen molar-refractivity contribution in [3.05, 3.63) is 65.9 Å². The lowest BCUT2D eigenvalue weighted by molar-refractivity contribution is 0.0746. The molecule has 4 rings (SSSR count). The molecular weight excluding hydrogens is 390 g/mol. The average Bonchev–Trinajstić information content (AvgIpc) is 2.79. The number of aromatic nitrogens is 3. The highest BCUT2D eigenvalue weighted by molar-refractivity contribution is 5.95. The molecule has 0 saturated carbocycles. The zero-order valence-corrected chi connectivity index (χ0v) is 18.1. The maximum atomic E-state index is 12.9. The van der Waals surface area contributed by atoms with Crippen molar-refractivity contribution >= 4 is 29.0 Å². The third-order valence-corrected chi connectivity index (χ3v) is 5.30. The van der Waals surface area contributed by atoms with E-state index in [-0.39, 0.29) is 5.91 Å². The van der Waals surface area contributed by atoms with E-state index in [0.717, 1.165) is 41.7 Å². The summed E-state index contributed by atoms with van der Waals surface area (Å²) in [5, 5.41) is 11.8. The number of pyridine rings is 1. The Morgan fingerprint density at radius 3 is 2.39 bits per heavy atom. The van der Waals surface area contributed by atoms with Crippen molar-refractivity contribution in [1.29, 1.82) is 0 Å². The first-order valence-corrected chi connectivity index (χ1v) is 10.4. The van der Waals surface area contributed by atoms with Gasteiger partial charge in [0.25, 0.3) is 5.91 Å². The van der Waals surface area contributed by atoms with E-state index in [0.29, 0.717) is 18.9 Å². The lowest BCUT2D eigenvalue weighted by Gasteiger charge is -2.35. The third kappa shape index (κ3) is 4.91. The number of hydrogen-bond donors (Lipinski definition) is 1. The van der Waals surface area contributed by atoms with Gasteiger partial charge in [-0.2, -0.15) is 0 Å². The number of hydrogen-bond acceptors (Lipinski definition) is 7. The molecule has 31 heavy (non-hydrogen) atoms. The van der Waals surface area contributed by atoms with E-state index < -0.39 is 0 Å². The molecule has 1 N–H and O–H groups in total. The molecule has 2 aromatic heterocycles. The second kappa shape index (κ2) is 8.99. The molecule has 160 valence electrons. The number of aryl methyl sites for hydroxylation is 1. The normalized spacial score (nSPS) is 13.8. The van der Waals surface area contributed by atoms with Gasteiger partial charge >= 0.3 is 0 Å². The monoisotopic (exact) mass is 417 g/mol. The van der Waals surface area contributed by atoms with Gasteiger partial charge in [-0.1, -0.05) is 12.1 Å². The van der Waals surface area contributed by atoms with Crippen LogP contribution in [0, 0.1) is 6.92 Å². The smallest absolute Gasteiger partial charge is 0.254 e. The second-order valence-electron chi connectivity index (χ2n) is 7.79. The molecule has 1 saturated heterocycles. The van der Waals surface area contributed by atoms with Crippen LogP contribution in [-0.4, -0.2) is 66.3 Å². The molecule has 0 bridgehead atoms. The van der Waals surface area contributed by atoms with Gasteiger partial charge in [-0.25, -0.2) is 4.98 Å². The predicted octanol–water partition coefficient (Wildman–Crippen LogP) is 2.95. The van der Waals surface area contributed by atoms with Crippen molar-refractivity contribution in [3.8, 4) is 0 Å². The van der Waals surface area contributed by atoms with E-state index in [1.807, 2.05) is 85.4 Å². The molecular formula is C23H27N7O. The van der Waals surface area contributed by atoms with Crippen LogP contribution in [0.4, 0.5) is 23.1 Å². The molecule has 8 heteroatoms. The maximum absolute atomic E-state index is 12.9. The van der Waals surface area contributed by atoms with Gasteiger partial charge in [0.05, 0.1) is 0 Å². The van der Waals surface area contributed by atoms with Gasteiger partial charge in [-0.05, 0) is 49.4 Å². The first-order valence-electron chi connectivity index (χ1n) is 10.4. The van der Waals surface area contributed by atoms with Crippen molar-refractivity contribution in [3.63, 3.8) is 0 Å². The number of amides is 1. The van der Waals surface area contributed by atoms with Gasteiger partial charge in [0.2, 0.25) is 0 Å². The van der Waals surface area contributed by atoms with Crippen molar-refractivity contribution in [2.75, 3.05) is 55.4 Å². The molecule has 3 heterocycles. The van der Waals surface area contributed by atoms with E-state index in [4.69, 9.17) is 0 Å². The van der Waals surface area contributed by atoms with Crippen LogP contribution in [0.1, 0.15) is 16.1 Å². The van der Waals surface area contributed by atoms with Crippen LogP contribution < -0.4 is 15.1 Å². The molecule has 1 fully saturated rings. The highest BCUT2D eigenvalue weighted by atomic mass is 16.2. The summed E-state index contributed by atoms with van der Waals surface area (Å²) < 4.78 is 0. The van der Waals surface area contributed by atoms with Crippen LogP contribution >= 0.6 is 0 Å². The molecule has 1 aromatic carbocycles. The molecule has 1 aliphatic heterocycles. The number of piperazine rings is 1. The maximum Gasteiger partial charge on any atom is 0.254 e. The third-order valence-electron chi connectivity index (χ3n) is 5.30. The molecule has 0 aliphatic carbocycles. The summed E-state index contributed by atoms with van der Waals surface area (Å²) in [6.07, 6.45) is 0. The Labute approximate surface area is 182 Å². The minimum absolute atomic E-state index is 0.0691. The number of carbonyl (C=O) groups excluding carboxylic acids is 1. The molecule has 0 atom stereocenters. The predicted molar refractivity (Wildman–Crippen MR) is 123 cm³/mol. The fraction of sp³-hybridized carbons (Fsp3) is 0.304. The topological polar surface area (TPSA) is 77.5 Å². The summed E-state index contributed by atoms with van der Waals surface area (Å²) in [4.78, 5) is 23.4. The fourth-order valence-corrected chi connectivity index (χ4v) is 3.54. The summed E-state index contributed by atoms with van der Waals surface area (Å²) in [7, 11) is 3.95. The molecule has 8 nitrogen and oxygen atoms in total. The Kier molecular flexibility index (Phi) is 5.97. The van der Waals surface area contributed by atoms with Gasteiger partial charge in [0.15, 0.2) is 11.6 Å². The first kappa shape index (κ1) is 20.6. The van der Waals surface area contributed by atoms with E-state index in [9.17, 15) is 4.79 Å². The average molecular weight is 418 g/mol. The SMILES string of the molecule is Cc1cccc(Nc2ccc(N3CCN(C(=O)c4cccc(N(C)C)c4)CC3)nn2)n1. The van der Waals surface area contributed by atoms with Crippen LogP contribution in [0.3, 0.4) is 0 Å². The van der Waals surface area contributed by atoms with Crippen molar-refractivity contribution in [1.82, 2.24) is 20.1 Å². The standard InChI is InChI=1S/C23H27N7O/c1-17-6-4-9-20(24-17)25-21-10-11-22(27-26-21)29-12-14-30(15-13-29)23(31)18-7-5-8-19(16-18)28(2)3/h4-11,16H,12-15H2,1-3H3,(H,24,25,26). The number of nitrogens with one attached hydrogen (secondary N) is 1. The van der Waals surface area contributed by atoms with Gasteiger partial charge in [-0.15, -0.1) is 10.2 Å². The molecule has 0 spiro atoms. The summed E-state index contributed by atoms with van der Waals surface area (Å²) >= 11 is 0. The Morgan fingerprint density at radius 1 is 0.935 bits per heavy atom. The summed E-state index contributed by atoms with van der Waals surface area (Å²) in [6.45, 7) is 4.70. The quantitative estimate of drug-likeness (QED) is 0.684. The van der Waals surface area contributed by atoms with E-state index in [1.165, 1.54) is 0 Å². The fourth-order valence-electron chi connectivity index (χ4n) is 3.54. The molecule has 0 unspecified atom stereocenters. The van der Waals surface area contributed by atoms with E-state index in [1.54, 1.807) is 0 Å². The largest absolute Gasteiger partial charge is 0.378 e. The molecule has 1 aliphatic rings. The minimum Gasteiger partial charge on any atom is -0.378 e. The van der Waals surface area contributed by atoms with Crippen molar-refractivity contribution < 1.29 is 4.79 Å². The summed E-state index contributed by atoms with van der Waals surface area (Å²) in [6, 6.07) is 17.4. The number of anilines is 4. The summed E-state index contributed by atoms with van der Waals surface area (Å²) in [5.41, 5.74) is 2.68. The number of benzene rings is 1. The highest BCUT2D eigenvalue weighted by Gasteiger charge is 2.23. The minimum atomic E-state index is 0.0691. The van der Waals surface area contributed by atoms with Gasteiger partial charge in [-0.3, -0.25) is 4.79 Å². The van der Waals surface area contributed by atoms with Crippen LogP contribution in [-0.2, 0) is 0 Å². The van der Waals surface area contributed by atoms with Gasteiger partial charge < -0.3 is 20.0 Å². The van der Waals surface area contributed by atoms with Gasteiger partial charge in [0, 0.05) is 57.2 Å². The van der Waals surface area contributed by atoms with Gasteiger partial charge in [0.1, 0.15) is 5.82 Å². The Balaban J connectivity index is 1.35. The van der Waals surface area contributed by atoms with E-state index in [2.05, 4.69) is 25.4 Å². The van der Waals surface area contributed by atoms with Crippen LogP contribution in [0.5, 0.6) is 0 Å². The number of rotatable bonds is 5. The van der Waals surface area contributed by atoms with Crippen LogP contribution in [0.15, 0.2) is 54.6 Å².